The van der Waals surface area contributed by atoms with Crippen LogP contribution in [0.4, 0.5) is 5.69 Å². The van der Waals surface area contributed by atoms with E-state index < -0.39 is 5.97 Å². The zero-order chi connectivity index (χ0) is 19.1. The largest absolute Gasteiger partial charge is 0.478 e. The Balaban J connectivity index is 1.92. The zero-order valence-corrected chi connectivity index (χ0v) is 15.6. The van der Waals surface area contributed by atoms with Gasteiger partial charge in [0.2, 0.25) is 0 Å². The Bertz CT molecular complexity index is 885. The fourth-order valence-corrected chi connectivity index (χ4v) is 3.56. The van der Waals surface area contributed by atoms with E-state index in [1.165, 1.54) is 29.6 Å². The van der Waals surface area contributed by atoms with Gasteiger partial charge in [0.25, 0.3) is 5.91 Å². The summed E-state index contributed by atoms with van der Waals surface area (Å²) in [6, 6.07) is 7.27. The number of aromatic carboxylic acids is 1. The number of nitrogens with zero attached hydrogens (tertiary/aromatic N) is 1. The van der Waals surface area contributed by atoms with Crippen molar-refractivity contribution in [1.29, 1.82) is 0 Å². The first kappa shape index (κ1) is 18.1. The van der Waals surface area contributed by atoms with Crippen LogP contribution in [0.1, 0.15) is 72.4 Å². The molecule has 0 aliphatic heterocycles. The van der Waals surface area contributed by atoms with Crippen LogP contribution in [0.15, 0.2) is 36.7 Å². The minimum atomic E-state index is -1.08. The van der Waals surface area contributed by atoms with Crippen molar-refractivity contribution >= 4 is 17.6 Å². The molecule has 2 N–H and O–H groups in total. The molecule has 136 valence electrons. The van der Waals surface area contributed by atoms with Gasteiger partial charge < -0.3 is 10.4 Å². The minimum absolute atomic E-state index is 0.0198. The lowest BCUT2D eigenvalue weighted by molar-refractivity contribution is 0.0696. The van der Waals surface area contributed by atoms with E-state index in [2.05, 4.69) is 44.1 Å². The number of hydrogen-bond donors (Lipinski definition) is 2. The number of carbonyl (C=O) groups is 2. The van der Waals surface area contributed by atoms with Gasteiger partial charge in [0, 0.05) is 11.8 Å². The Labute approximate surface area is 153 Å². The average molecular weight is 352 g/mol. The monoisotopic (exact) mass is 352 g/mol. The summed E-state index contributed by atoms with van der Waals surface area (Å²) in [5, 5.41) is 11.8. The quantitative estimate of drug-likeness (QED) is 0.859. The minimum Gasteiger partial charge on any atom is -0.478 e. The van der Waals surface area contributed by atoms with E-state index in [1.807, 2.05) is 12.1 Å². The Kier molecular flexibility index (Phi) is 4.34. The summed E-state index contributed by atoms with van der Waals surface area (Å²) in [6.45, 7) is 8.90. The third kappa shape index (κ3) is 3.34. The molecule has 0 spiro atoms. The highest BCUT2D eigenvalue weighted by molar-refractivity contribution is 6.05. The maximum Gasteiger partial charge on any atom is 0.337 e. The third-order valence-electron chi connectivity index (χ3n) is 5.36. The number of aromatic nitrogens is 1. The van der Waals surface area contributed by atoms with E-state index in [4.69, 9.17) is 5.11 Å². The summed E-state index contributed by atoms with van der Waals surface area (Å²) < 4.78 is 0. The maximum atomic E-state index is 12.7. The standard InChI is InChI=1S/C21H24N2O3/c1-20(2)7-8-21(3,4)17-10-13(5-6-16(17)20)18(24)23-15-9-14(19(25)26)11-22-12-15/h5-6,9-12H,7-8H2,1-4H3,(H,23,24)(H,25,26). The summed E-state index contributed by atoms with van der Waals surface area (Å²) in [6.07, 6.45) is 4.88. The van der Waals surface area contributed by atoms with Crippen LogP contribution in [0, 0.1) is 0 Å². The number of nitrogens with one attached hydrogen (secondary N) is 1. The highest BCUT2D eigenvalue weighted by atomic mass is 16.4. The first-order valence-electron chi connectivity index (χ1n) is 8.75. The van der Waals surface area contributed by atoms with Gasteiger partial charge in [-0.15, -0.1) is 0 Å². The number of amides is 1. The van der Waals surface area contributed by atoms with Crippen molar-refractivity contribution in [3.8, 4) is 0 Å². The number of fused-ring (bicyclic) bond motifs is 1. The number of anilines is 1. The molecule has 1 aromatic heterocycles. The van der Waals surface area contributed by atoms with Gasteiger partial charge in [-0.05, 0) is 53.0 Å². The topological polar surface area (TPSA) is 79.3 Å². The van der Waals surface area contributed by atoms with Gasteiger partial charge in [0.1, 0.15) is 0 Å². The number of carboxylic acids is 1. The van der Waals surface area contributed by atoms with Crippen molar-refractivity contribution in [2.75, 3.05) is 5.32 Å². The lowest BCUT2D eigenvalue weighted by Crippen LogP contribution is -2.34. The Morgan fingerprint density at radius 1 is 0.962 bits per heavy atom. The van der Waals surface area contributed by atoms with E-state index >= 15 is 0 Å². The third-order valence-corrected chi connectivity index (χ3v) is 5.36. The summed E-state index contributed by atoms with van der Waals surface area (Å²) in [4.78, 5) is 27.6. The van der Waals surface area contributed by atoms with E-state index in [9.17, 15) is 9.59 Å². The Morgan fingerprint density at radius 2 is 1.62 bits per heavy atom. The molecule has 0 fully saturated rings. The Morgan fingerprint density at radius 3 is 2.27 bits per heavy atom. The molecular formula is C21H24N2O3. The van der Waals surface area contributed by atoms with Crippen LogP contribution in [0.5, 0.6) is 0 Å². The summed E-state index contributed by atoms with van der Waals surface area (Å²) in [5.74, 6) is -1.34. The van der Waals surface area contributed by atoms with Gasteiger partial charge in [-0.1, -0.05) is 33.8 Å². The fourth-order valence-electron chi connectivity index (χ4n) is 3.56. The van der Waals surface area contributed by atoms with Gasteiger partial charge in [-0.25, -0.2) is 4.79 Å². The average Bonchev–Trinajstić information content (AvgIpc) is 2.59. The van der Waals surface area contributed by atoms with Crippen LogP contribution >= 0.6 is 0 Å². The molecule has 1 aromatic carbocycles. The van der Waals surface area contributed by atoms with Crippen molar-refractivity contribution in [2.45, 2.75) is 51.4 Å². The van der Waals surface area contributed by atoms with Gasteiger partial charge in [-0.3, -0.25) is 9.78 Å². The molecule has 0 radical (unpaired) electrons. The van der Waals surface area contributed by atoms with E-state index in [1.54, 1.807) is 0 Å². The van der Waals surface area contributed by atoms with Gasteiger partial charge >= 0.3 is 5.97 Å². The smallest absolute Gasteiger partial charge is 0.337 e. The van der Waals surface area contributed by atoms with Crippen LogP contribution < -0.4 is 5.32 Å². The molecule has 3 rings (SSSR count). The predicted octanol–water partition coefficient (Wildman–Crippen LogP) is 4.38. The van der Waals surface area contributed by atoms with Crippen molar-refractivity contribution in [2.24, 2.45) is 0 Å². The van der Waals surface area contributed by atoms with Crippen molar-refractivity contribution in [1.82, 2.24) is 4.98 Å². The number of benzene rings is 1. The number of pyridine rings is 1. The van der Waals surface area contributed by atoms with E-state index in [0.717, 1.165) is 12.8 Å². The summed E-state index contributed by atoms with van der Waals surface area (Å²) >= 11 is 0. The molecule has 2 aromatic rings. The van der Waals surface area contributed by atoms with Gasteiger partial charge in [0.05, 0.1) is 17.4 Å². The molecule has 0 saturated heterocycles. The number of carbonyl (C=O) groups excluding carboxylic acids is 1. The van der Waals surface area contributed by atoms with Crippen molar-refractivity contribution in [3.05, 3.63) is 58.9 Å². The summed E-state index contributed by atoms with van der Waals surface area (Å²) in [5.41, 5.74) is 3.59. The van der Waals surface area contributed by atoms with Gasteiger partial charge in [-0.2, -0.15) is 0 Å². The molecule has 26 heavy (non-hydrogen) atoms. The van der Waals surface area contributed by atoms with Crippen molar-refractivity contribution in [3.63, 3.8) is 0 Å². The maximum absolute atomic E-state index is 12.7. The summed E-state index contributed by atoms with van der Waals surface area (Å²) in [7, 11) is 0. The second-order valence-corrected chi connectivity index (χ2v) is 8.25. The molecule has 1 aliphatic rings. The van der Waals surface area contributed by atoms with Crippen LogP contribution in [0.25, 0.3) is 0 Å². The van der Waals surface area contributed by atoms with Gasteiger partial charge in [0.15, 0.2) is 0 Å². The number of carboxylic acid groups (broad SMARTS) is 1. The molecular weight excluding hydrogens is 328 g/mol. The van der Waals surface area contributed by atoms with Crippen LogP contribution in [0.2, 0.25) is 0 Å². The first-order valence-corrected chi connectivity index (χ1v) is 8.75. The molecule has 0 unspecified atom stereocenters. The highest BCUT2D eigenvalue weighted by Gasteiger charge is 2.37. The fraction of sp³-hybridized carbons (Fsp3) is 0.381. The molecule has 1 aliphatic carbocycles. The van der Waals surface area contributed by atoms with Crippen LogP contribution in [-0.4, -0.2) is 22.0 Å². The second kappa shape index (κ2) is 6.24. The van der Waals surface area contributed by atoms with E-state index in [-0.39, 0.29) is 22.3 Å². The normalized spacial score (nSPS) is 17.2. The molecule has 0 bridgehead atoms. The first-order chi connectivity index (χ1) is 12.1. The molecule has 0 saturated carbocycles. The number of rotatable bonds is 3. The molecule has 1 heterocycles. The van der Waals surface area contributed by atoms with Crippen LogP contribution in [0.3, 0.4) is 0 Å². The lowest BCUT2D eigenvalue weighted by Gasteiger charge is -2.42. The Hall–Kier alpha value is -2.69. The van der Waals surface area contributed by atoms with Crippen molar-refractivity contribution < 1.29 is 14.7 Å². The lowest BCUT2D eigenvalue weighted by atomic mass is 9.63. The SMILES string of the molecule is CC1(C)CCC(C)(C)c2cc(C(=O)Nc3cncc(C(=O)O)c3)ccc21. The molecule has 0 atom stereocenters. The number of hydrogen-bond acceptors (Lipinski definition) is 3. The molecule has 5 heteroatoms. The highest BCUT2D eigenvalue weighted by Crippen LogP contribution is 2.45. The second-order valence-electron chi connectivity index (χ2n) is 8.25. The zero-order valence-electron chi connectivity index (χ0n) is 15.6. The van der Waals surface area contributed by atoms with E-state index in [0.29, 0.717) is 11.3 Å². The molecule has 5 nitrogen and oxygen atoms in total. The van der Waals surface area contributed by atoms with Crippen LogP contribution in [-0.2, 0) is 10.8 Å². The molecule has 1 amide bonds. The predicted molar refractivity (Wildman–Crippen MR) is 101 cm³/mol.